The van der Waals surface area contributed by atoms with Gasteiger partial charge in [-0.2, -0.15) is 0 Å². The highest BCUT2D eigenvalue weighted by atomic mass is 15.3. The number of nitrogens with zero attached hydrogens (tertiary/aromatic N) is 3. The molecule has 0 radical (unpaired) electrons. The number of nitrogens with one attached hydrogen (secondary N) is 1. The lowest BCUT2D eigenvalue weighted by atomic mass is 10.1. The SMILES string of the molecule is Cc1nnc(CNC(C)C(C)C)n1C. The van der Waals surface area contributed by atoms with E-state index in [0.717, 1.165) is 18.2 Å². The van der Waals surface area contributed by atoms with Crippen molar-refractivity contribution in [3.05, 3.63) is 11.6 Å². The normalized spacial score (nSPS) is 13.6. The average molecular weight is 196 g/mol. The Morgan fingerprint density at radius 1 is 1.29 bits per heavy atom. The first-order chi connectivity index (χ1) is 6.52. The molecule has 80 valence electrons. The standard InChI is InChI=1S/C10H20N4/c1-7(2)8(3)11-6-10-13-12-9(4)14(10)5/h7-8,11H,6H2,1-5H3. The van der Waals surface area contributed by atoms with Crippen molar-refractivity contribution in [1.29, 1.82) is 0 Å². The van der Waals surface area contributed by atoms with Crippen molar-refractivity contribution in [3.63, 3.8) is 0 Å². The van der Waals surface area contributed by atoms with E-state index >= 15 is 0 Å². The molecule has 0 fully saturated rings. The lowest BCUT2D eigenvalue weighted by Crippen LogP contribution is -2.31. The second kappa shape index (κ2) is 4.55. The molecule has 0 aliphatic heterocycles. The summed E-state index contributed by atoms with van der Waals surface area (Å²) in [5.74, 6) is 2.60. The molecule has 1 aromatic rings. The van der Waals surface area contributed by atoms with E-state index in [1.807, 2.05) is 18.5 Å². The molecule has 4 heteroatoms. The molecule has 0 amide bonds. The van der Waals surface area contributed by atoms with E-state index in [-0.39, 0.29) is 0 Å². The Kier molecular flexibility index (Phi) is 3.63. The maximum atomic E-state index is 4.10. The fraction of sp³-hybridized carbons (Fsp3) is 0.800. The average Bonchev–Trinajstić information content (AvgIpc) is 2.44. The van der Waals surface area contributed by atoms with Gasteiger partial charge in [0.2, 0.25) is 0 Å². The van der Waals surface area contributed by atoms with Gasteiger partial charge in [0, 0.05) is 13.1 Å². The van der Waals surface area contributed by atoms with Crippen LogP contribution in [0.25, 0.3) is 0 Å². The van der Waals surface area contributed by atoms with Crippen LogP contribution in [-0.4, -0.2) is 20.8 Å². The summed E-state index contributed by atoms with van der Waals surface area (Å²) in [6, 6.07) is 0.506. The summed E-state index contributed by atoms with van der Waals surface area (Å²) < 4.78 is 2.01. The maximum Gasteiger partial charge on any atom is 0.146 e. The van der Waals surface area contributed by atoms with Gasteiger partial charge in [0.1, 0.15) is 11.6 Å². The first kappa shape index (κ1) is 11.2. The fourth-order valence-electron chi connectivity index (χ4n) is 1.09. The highest BCUT2D eigenvalue weighted by Crippen LogP contribution is 2.02. The molecule has 0 aromatic carbocycles. The van der Waals surface area contributed by atoms with E-state index in [1.165, 1.54) is 0 Å². The molecule has 0 spiro atoms. The van der Waals surface area contributed by atoms with Gasteiger partial charge in [-0.1, -0.05) is 13.8 Å². The van der Waals surface area contributed by atoms with E-state index in [2.05, 4.69) is 36.3 Å². The van der Waals surface area contributed by atoms with Crippen molar-refractivity contribution in [2.24, 2.45) is 13.0 Å². The molecule has 4 nitrogen and oxygen atoms in total. The van der Waals surface area contributed by atoms with Gasteiger partial charge in [-0.05, 0) is 19.8 Å². The van der Waals surface area contributed by atoms with Gasteiger partial charge in [-0.15, -0.1) is 10.2 Å². The zero-order valence-electron chi connectivity index (χ0n) is 9.70. The second-order valence-electron chi connectivity index (χ2n) is 4.14. The van der Waals surface area contributed by atoms with Gasteiger partial charge >= 0.3 is 0 Å². The van der Waals surface area contributed by atoms with Crippen LogP contribution >= 0.6 is 0 Å². The molecule has 14 heavy (non-hydrogen) atoms. The summed E-state index contributed by atoms with van der Waals surface area (Å²) in [5.41, 5.74) is 0. The van der Waals surface area contributed by atoms with Gasteiger partial charge in [-0.3, -0.25) is 0 Å². The molecule has 1 N–H and O–H groups in total. The first-order valence-electron chi connectivity index (χ1n) is 5.10. The molecule has 0 saturated heterocycles. The van der Waals surface area contributed by atoms with Gasteiger partial charge in [0.15, 0.2) is 0 Å². The molecule has 0 aliphatic carbocycles. The predicted molar refractivity (Wildman–Crippen MR) is 56.9 cm³/mol. The zero-order valence-corrected chi connectivity index (χ0v) is 9.70. The Morgan fingerprint density at radius 2 is 1.93 bits per heavy atom. The topological polar surface area (TPSA) is 42.7 Å². The molecule has 1 heterocycles. The van der Waals surface area contributed by atoms with Crippen molar-refractivity contribution in [2.45, 2.75) is 40.3 Å². The summed E-state index contributed by atoms with van der Waals surface area (Å²) in [4.78, 5) is 0. The molecular weight excluding hydrogens is 176 g/mol. The van der Waals surface area contributed by atoms with Crippen molar-refractivity contribution in [3.8, 4) is 0 Å². The minimum atomic E-state index is 0.506. The minimum Gasteiger partial charge on any atom is -0.317 e. The first-order valence-corrected chi connectivity index (χ1v) is 5.10. The molecule has 0 saturated carbocycles. The quantitative estimate of drug-likeness (QED) is 0.788. The minimum absolute atomic E-state index is 0.506. The van der Waals surface area contributed by atoms with E-state index < -0.39 is 0 Å². The van der Waals surface area contributed by atoms with Crippen LogP contribution in [0.4, 0.5) is 0 Å². The molecule has 0 aliphatic rings. The summed E-state index contributed by atoms with van der Waals surface area (Å²) in [6.07, 6.45) is 0. The summed E-state index contributed by atoms with van der Waals surface area (Å²) >= 11 is 0. The number of aromatic nitrogens is 3. The summed E-state index contributed by atoms with van der Waals surface area (Å²) in [5, 5.41) is 11.5. The smallest absolute Gasteiger partial charge is 0.146 e. The number of rotatable bonds is 4. The highest BCUT2D eigenvalue weighted by Gasteiger charge is 2.09. The van der Waals surface area contributed by atoms with Crippen LogP contribution in [0.15, 0.2) is 0 Å². The van der Waals surface area contributed by atoms with Gasteiger partial charge < -0.3 is 9.88 Å². The number of aryl methyl sites for hydroxylation is 1. The van der Waals surface area contributed by atoms with Crippen molar-refractivity contribution >= 4 is 0 Å². The Balaban J connectivity index is 2.50. The highest BCUT2D eigenvalue weighted by molar-refractivity contribution is 4.92. The molecule has 1 unspecified atom stereocenters. The van der Waals surface area contributed by atoms with Gasteiger partial charge in [0.25, 0.3) is 0 Å². The summed E-state index contributed by atoms with van der Waals surface area (Å²) in [7, 11) is 1.99. The van der Waals surface area contributed by atoms with E-state index in [1.54, 1.807) is 0 Å². The van der Waals surface area contributed by atoms with E-state index in [9.17, 15) is 0 Å². The number of hydrogen-bond donors (Lipinski definition) is 1. The number of hydrogen-bond acceptors (Lipinski definition) is 3. The Bertz CT molecular complexity index is 290. The summed E-state index contributed by atoms with van der Waals surface area (Å²) in [6.45, 7) is 9.35. The zero-order chi connectivity index (χ0) is 10.7. The van der Waals surface area contributed by atoms with Crippen LogP contribution < -0.4 is 5.32 Å². The lowest BCUT2D eigenvalue weighted by molar-refractivity contribution is 0.418. The lowest BCUT2D eigenvalue weighted by Gasteiger charge is -2.16. The van der Waals surface area contributed by atoms with Crippen LogP contribution in [0.2, 0.25) is 0 Å². The van der Waals surface area contributed by atoms with Crippen molar-refractivity contribution in [1.82, 2.24) is 20.1 Å². The van der Waals surface area contributed by atoms with Crippen LogP contribution in [0.3, 0.4) is 0 Å². The van der Waals surface area contributed by atoms with Gasteiger partial charge in [-0.25, -0.2) is 0 Å². The molecule has 1 atom stereocenters. The Morgan fingerprint density at radius 3 is 2.36 bits per heavy atom. The molecule has 1 rings (SSSR count). The van der Waals surface area contributed by atoms with Crippen molar-refractivity contribution in [2.75, 3.05) is 0 Å². The van der Waals surface area contributed by atoms with E-state index in [4.69, 9.17) is 0 Å². The maximum absolute atomic E-state index is 4.10. The third-order valence-corrected chi connectivity index (χ3v) is 2.76. The third kappa shape index (κ3) is 2.54. The van der Waals surface area contributed by atoms with Gasteiger partial charge in [0.05, 0.1) is 6.54 Å². The monoisotopic (exact) mass is 196 g/mol. The second-order valence-corrected chi connectivity index (χ2v) is 4.14. The van der Waals surface area contributed by atoms with Crippen molar-refractivity contribution < 1.29 is 0 Å². The van der Waals surface area contributed by atoms with Crippen LogP contribution in [-0.2, 0) is 13.6 Å². The van der Waals surface area contributed by atoms with Crippen LogP contribution in [0, 0.1) is 12.8 Å². The van der Waals surface area contributed by atoms with E-state index in [0.29, 0.717) is 12.0 Å². The van der Waals surface area contributed by atoms with Crippen LogP contribution in [0.5, 0.6) is 0 Å². The predicted octanol–water partition coefficient (Wildman–Crippen LogP) is 1.26. The van der Waals surface area contributed by atoms with Crippen LogP contribution in [0.1, 0.15) is 32.4 Å². The molecule has 0 bridgehead atoms. The third-order valence-electron chi connectivity index (χ3n) is 2.76. The molecule has 1 aromatic heterocycles. The molecular formula is C10H20N4. The largest absolute Gasteiger partial charge is 0.317 e. The fourth-order valence-corrected chi connectivity index (χ4v) is 1.09. The Labute approximate surface area is 85.7 Å². The Hall–Kier alpha value is -0.900.